The Labute approximate surface area is 466 Å². The van der Waals surface area contributed by atoms with Gasteiger partial charge in [0.25, 0.3) is 0 Å². The van der Waals surface area contributed by atoms with E-state index in [0.717, 1.165) is 116 Å². The van der Waals surface area contributed by atoms with Crippen LogP contribution in [-0.4, -0.2) is 89.2 Å². The second kappa shape index (κ2) is 52.3. The highest BCUT2D eigenvalue weighted by Crippen LogP contribution is 2.26. The first-order chi connectivity index (χ1) is 37.6. The van der Waals surface area contributed by atoms with E-state index in [1.807, 2.05) is 12.2 Å². The van der Waals surface area contributed by atoms with Crippen LogP contribution in [0.1, 0.15) is 239 Å². The minimum absolute atomic E-state index is 0.0389. The summed E-state index contributed by atoms with van der Waals surface area (Å²) in [5.41, 5.74) is 0. The van der Waals surface area contributed by atoms with Gasteiger partial charge in [0.1, 0.15) is 18.8 Å². The van der Waals surface area contributed by atoms with Gasteiger partial charge in [0.05, 0.1) is 6.61 Å². The van der Waals surface area contributed by atoms with Gasteiger partial charge in [-0.2, -0.15) is 0 Å². The maximum Gasteiger partial charge on any atom is 0.335 e. The molecule has 1 saturated heterocycles. The molecule has 6 atom stereocenters. The van der Waals surface area contributed by atoms with Crippen molar-refractivity contribution < 1.29 is 58.2 Å². The fourth-order valence-electron chi connectivity index (χ4n) is 8.50. The summed E-state index contributed by atoms with van der Waals surface area (Å²) in [6.07, 6.45) is 56.7. The van der Waals surface area contributed by atoms with Crippen molar-refractivity contribution in [1.82, 2.24) is 0 Å². The van der Waals surface area contributed by atoms with Crippen molar-refractivity contribution in [2.24, 2.45) is 0 Å². The number of hydrogen-bond donors (Lipinski definition) is 3. The van der Waals surface area contributed by atoms with Crippen LogP contribution in [0.15, 0.2) is 97.2 Å². The van der Waals surface area contributed by atoms with Crippen LogP contribution in [0.3, 0.4) is 0 Å². The summed E-state index contributed by atoms with van der Waals surface area (Å²) in [4.78, 5) is 51.1. The van der Waals surface area contributed by atoms with Gasteiger partial charge in [-0.15, -0.1) is 0 Å². The van der Waals surface area contributed by atoms with Crippen LogP contribution in [0.5, 0.6) is 0 Å². The van der Waals surface area contributed by atoms with E-state index in [9.17, 15) is 34.5 Å². The Morgan fingerprint density at radius 3 is 1.31 bits per heavy atom. The van der Waals surface area contributed by atoms with Gasteiger partial charge in [-0.3, -0.25) is 14.4 Å². The van der Waals surface area contributed by atoms with E-state index >= 15 is 0 Å². The molecule has 0 aromatic rings. The molecule has 0 saturated carbocycles. The van der Waals surface area contributed by atoms with Crippen LogP contribution >= 0.6 is 0 Å². The van der Waals surface area contributed by atoms with Gasteiger partial charge in [0.2, 0.25) is 0 Å². The summed E-state index contributed by atoms with van der Waals surface area (Å²) in [6, 6.07) is 0. The number of esters is 3. The molecule has 1 rings (SSSR count). The number of carboxylic acids is 1. The lowest BCUT2D eigenvalue weighted by atomic mass is 9.98. The number of ether oxygens (including phenoxy) is 5. The molecule has 1 aliphatic rings. The third-order valence-electron chi connectivity index (χ3n) is 13.1. The normalized spacial score (nSPS) is 18.7. The minimum Gasteiger partial charge on any atom is -0.479 e. The standard InChI is InChI=1S/C65H106O12/c1-4-7-10-13-16-19-22-25-27-28-29-30-32-34-36-39-42-45-48-51-57(66)73-54-56(75-58(67)52-49-46-43-40-38-35-31-26-23-20-17-14-11-8-5-2)55-74-65-63(61(70)60(69)62(77-65)64(71)72)76-59(68)53-50-47-44-41-37-33-24-21-18-15-12-9-6-3/h7,10,16,19,21,24-27,29-31,34,36,42,45,56,60-63,65,69-70H,4-6,8-9,11-15,17-18,20,22-23,28,32-33,35,37-41,43-44,46-55H2,1-3H3,(H,71,72)/b10-7-,19-16-,24-21-,27-25-,30-29-,31-26-,36-34-,45-42-. The molecule has 0 aromatic heterocycles. The number of unbranched alkanes of at least 4 members (excludes halogenated alkanes) is 20. The number of allylic oxidation sites excluding steroid dienone is 16. The maximum absolute atomic E-state index is 13.1. The van der Waals surface area contributed by atoms with Crippen LogP contribution in [0.4, 0.5) is 0 Å². The molecule has 77 heavy (non-hydrogen) atoms. The lowest BCUT2D eigenvalue weighted by Crippen LogP contribution is -2.61. The Balaban J connectivity index is 2.75. The average Bonchev–Trinajstić information content (AvgIpc) is 3.42. The zero-order valence-corrected chi connectivity index (χ0v) is 48.2. The van der Waals surface area contributed by atoms with Crippen molar-refractivity contribution in [3.05, 3.63) is 97.2 Å². The van der Waals surface area contributed by atoms with E-state index in [0.29, 0.717) is 19.3 Å². The first kappa shape index (κ1) is 70.7. The zero-order chi connectivity index (χ0) is 56.1. The molecule has 1 heterocycles. The Hall–Kier alpha value is -4.36. The van der Waals surface area contributed by atoms with Gasteiger partial charge < -0.3 is 39.0 Å². The molecule has 6 unspecified atom stereocenters. The van der Waals surface area contributed by atoms with Gasteiger partial charge in [-0.05, 0) is 109 Å². The van der Waals surface area contributed by atoms with Gasteiger partial charge in [0, 0.05) is 19.3 Å². The van der Waals surface area contributed by atoms with Crippen molar-refractivity contribution in [3.63, 3.8) is 0 Å². The molecule has 438 valence electrons. The monoisotopic (exact) mass is 1080 g/mol. The molecule has 0 radical (unpaired) electrons. The number of carbonyl (C=O) groups is 4. The lowest BCUT2D eigenvalue weighted by Gasteiger charge is -2.40. The molecule has 0 amide bonds. The summed E-state index contributed by atoms with van der Waals surface area (Å²) in [6.45, 7) is 5.78. The van der Waals surface area contributed by atoms with Crippen molar-refractivity contribution in [3.8, 4) is 0 Å². The molecule has 3 N–H and O–H groups in total. The van der Waals surface area contributed by atoms with E-state index in [4.69, 9.17) is 23.7 Å². The molecule has 0 bridgehead atoms. The van der Waals surface area contributed by atoms with Crippen LogP contribution in [0, 0.1) is 0 Å². The Morgan fingerprint density at radius 2 is 0.844 bits per heavy atom. The Kier molecular flexibility index (Phi) is 48.0. The van der Waals surface area contributed by atoms with E-state index in [-0.39, 0.29) is 25.9 Å². The number of rotatable bonds is 50. The number of hydrogen-bond acceptors (Lipinski definition) is 11. The molecular weight excluding hydrogens is 973 g/mol. The molecule has 12 nitrogen and oxygen atoms in total. The maximum atomic E-state index is 13.1. The largest absolute Gasteiger partial charge is 0.479 e. The first-order valence-corrected chi connectivity index (χ1v) is 30.2. The van der Waals surface area contributed by atoms with Crippen LogP contribution in [0.25, 0.3) is 0 Å². The minimum atomic E-state index is -1.92. The quantitative estimate of drug-likeness (QED) is 0.0228. The van der Waals surface area contributed by atoms with Crippen molar-refractivity contribution in [1.29, 1.82) is 0 Å². The second-order valence-corrected chi connectivity index (χ2v) is 20.2. The SMILES string of the molecule is CC/C=C\C/C=C\C/C=C\C/C=C\C/C=C\C/C=C\CCC(=O)OCC(COC1OC(C(=O)O)C(O)C(O)C1OC(=O)CCCCCCC/C=C\CCCCCC)OC(=O)CCCCCCC/C=C\CCCCCCCC. The molecule has 1 aliphatic heterocycles. The van der Waals surface area contributed by atoms with Crippen molar-refractivity contribution in [2.75, 3.05) is 13.2 Å². The third-order valence-corrected chi connectivity index (χ3v) is 13.1. The highest BCUT2D eigenvalue weighted by atomic mass is 16.7. The second-order valence-electron chi connectivity index (χ2n) is 20.2. The average molecular weight is 1080 g/mol. The molecular formula is C65H106O12. The van der Waals surface area contributed by atoms with Gasteiger partial charge in [0.15, 0.2) is 24.6 Å². The van der Waals surface area contributed by atoms with Crippen LogP contribution < -0.4 is 0 Å². The Bertz CT molecular complexity index is 1710. The molecule has 12 heteroatoms. The predicted octanol–water partition coefficient (Wildman–Crippen LogP) is 15.7. The van der Waals surface area contributed by atoms with Gasteiger partial charge >= 0.3 is 23.9 Å². The van der Waals surface area contributed by atoms with E-state index in [1.54, 1.807) is 0 Å². The van der Waals surface area contributed by atoms with Gasteiger partial charge in [-0.25, -0.2) is 4.79 Å². The first-order valence-electron chi connectivity index (χ1n) is 30.2. The van der Waals surface area contributed by atoms with Crippen LogP contribution in [0.2, 0.25) is 0 Å². The predicted molar refractivity (Wildman–Crippen MR) is 312 cm³/mol. The number of aliphatic hydroxyl groups is 2. The molecule has 0 spiro atoms. The van der Waals surface area contributed by atoms with E-state index < -0.39 is 67.3 Å². The number of aliphatic carboxylic acids is 1. The fraction of sp³-hybridized carbons (Fsp3) is 0.692. The molecule has 1 fully saturated rings. The molecule has 0 aliphatic carbocycles. The van der Waals surface area contributed by atoms with Gasteiger partial charge in [-0.1, -0.05) is 208 Å². The number of aliphatic hydroxyl groups excluding tert-OH is 2. The Morgan fingerprint density at radius 1 is 0.442 bits per heavy atom. The van der Waals surface area contributed by atoms with Crippen molar-refractivity contribution >= 4 is 23.9 Å². The third kappa shape index (κ3) is 42.3. The van der Waals surface area contributed by atoms with E-state index in [2.05, 4.69) is 106 Å². The lowest BCUT2D eigenvalue weighted by molar-refractivity contribution is -0.301. The van der Waals surface area contributed by atoms with Crippen molar-refractivity contribution in [2.45, 2.75) is 276 Å². The summed E-state index contributed by atoms with van der Waals surface area (Å²) in [5, 5.41) is 31.5. The molecule has 0 aromatic carbocycles. The number of carbonyl (C=O) groups excluding carboxylic acids is 3. The summed E-state index contributed by atoms with van der Waals surface area (Å²) < 4.78 is 28.3. The summed E-state index contributed by atoms with van der Waals surface area (Å²) >= 11 is 0. The fourth-order valence-corrected chi connectivity index (χ4v) is 8.50. The van der Waals surface area contributed by atoms with Crippen LogP contribution in [-0.2, 0) is 42.9 Å². The van der Waals surface area contributed by atoms with E-state index in [1.165, 1.54) is 64.2 Å². The zero-order valence-electron chi connectivity index (χ0n) is 48.2. The highest BCUT2D eigenvalue weighted by Gasteiger charge is 2.50. The number of carboxylic acid groups (broad SMARTS) is 1. The smallest absolute Gasteiger partial charge is 0.335 e. The topological polar surface area (TPSA) is 175 Å². The highest BCUT2D eigenvalue weighted by molar-refractivity contribution is 5.74. The summed E-state index contributed by atoms with van der Waals surface area (Å²) in [7, 11) is 0. The summed E-state index contributed by atoms with van der Waals surface area (Å²) in [5.74, 6) is -3.26.